The Morgan fingerprint density at radius 3 is 2.30 bits per heavy atom. The summed E-state index contributed by atoms with van der Waals surface area (Å²) in [5.74, 6) is -2.64. The molecule has 0 spiro atoms. The lowest BCUT2D eigenvalue weighted by Gasteiger charge is -2.19. The molecule has 40 heavy (non-hydrogen) atoms. The summed E-state index contributed by atoms with van der Waals surface area (Å²) < 4.78 is 1.24. The van der Waals surface area contributed by atoms with E-state index >= 15 is 0 Å². The number of amides is 6. The standard InChI is InChI=1S/C26H19N5O7S2/c32-21-16(22(33)29-25(36)28-21)9-12-5-8-19(18(10-12)31(37)38)39-26-27-17-7-6-13(11-20(17)40-26)30-23(34)14-3-1-2-4-15(14)24(30)35/h5-11,14-15H,1-4H2,(H2,28,29,32,33,36)/t14-,15-/m1/s1. The molecule has 2 N–H and O–H groups in total. The van der Waals surface area contributed by atoms with Crippen LogP contribution in [0.5, 0.6) is 0 Å². The molecule has 2 atom stereocenters. The SMILES string of the molecule is O=C1NC(=O)C(=Cc2ccc(Sc3nc4ccc(N5C(=O)[C@@H]6CCCC[C@H]6C5=O)cc4s3)c([N+](=O)[O-])c2)C(=O)N1. The molecule has 6 amide bonds. The van der Waals surface area contributed by atoms with Crippen LogP contribution in [0.15, 0.2) is 51.2 Å². The zero-order valence-corrected chi connectivity index (χ0v) is 22.2. The van der Waals surface area contributed by atoms with Gasteiger partial charge < -0.3 is 0 Å². The fraction of sp³-hybridized carbons (Fsp3) is 0.231. The first-order valence-electron chi connectivity index (χ1n) is 12.3. The molecule has 3 aliphatic rings. The van der Waals surface area contributed by atoms with Gasteiger partial charge in [0.05, 0.1) is 37.6 Å². The van der Waals surface area contributed by atoms with Crippen molar-refractivity contribution in [1.82, 2.24) is 15.6 Å². The highest BCUT2D eigenvalue weighted by Crippen LogP contribution is 2.43. The molecule has 0 bridgehead atoms. The van der Waals surface area contributed by atoms with Crippen molar-refractivity contribution in [2.45, 2.75) is 34.9 Å². The van der Waals surface area contributed by atoms with Crippen molar-refractivity contribution in [3.63, 3.8) is 0 Å². The van der Waals surface area contributed by atoms with Crippen LogP contribution in [0, 0.1) is 22.0 Å². The van der Waals surface area contributed by atoms with Crippen LogP contribution in [0.1, 0.15) is 31.2 Å². The van der Waals surface area contributed by atoms with Crippen LogP contribution in [0.4, 0.5) is 16.2 Å². The van der Waals surface area contributed by atoms with Crippen LogP contribution in [-0.4, -0.2) is 39.6 Å². The number of fused-ring (bicyclic) bond motifs is 2. The number of barbiturate groups is 1. The summed E-state index contributed by atoms with van der Waals surface area (Å²) in [7, 11) is 0. The van der Waals surface area contributed by atoms with Crippen LogP contribution >= 0.6 is 23.1 Å². The maximum absolute atomic E-state index is 13.0. The molecule has 202 valence electrons. The maximum atomic E-state index is 13.0. The first-order valence-corrected chi connectivity index (χ1v) is 14.0. The largest absolute Gasteiger partial charge is 0.328 e. The number of nitrogens with zero attached hydrogens (tertiary/aromatic N) is 3. The van der Waals surface area contributed by atoms with E-state index < -0.39 is 22.8 Å². The second kappa shape index (κ2) is 9.95. The third-order valence-corrected chi connectivity index (χ3v) is 9.23. The summed E-state index contributed by atoms with van der Waals surface area (Å²) in [5, 5.41) is 15.7. The van der Waals surface area contributed by atoms with E-state index in [4.69, 9.17) is 0 Å². The summed E-state index contributed by atoms with van der Waals surface area (Å²) >= 11 is 2.35. The van der Waals surface area contributed by atoms with Crippen molar-refractivity contribution in [3.05, 3.63) is 57.6 Å². The number of thiazole rings is 1. The minimum atomic E-state index is -0.940. The Morgan fingerprint density at radius 1 is 0.975 bits per heavy atom. The lowest BCUT2D eigenvalue weighted by Crippen LogP contribution is -2.51. The van der Waals surface area contributed by atoms with E-state index in [9.17, 15) is 34.1 Å². The molecule has 3 aromatic rings. The fourth-order valence-electron chi connectivity index (χ4n) is 5.21. The van der Waals surface area contributed by atoms with Gasteiger partial charge in [0.25, 0.3) is 17.5 Å². The van der Waals surface area contributed by atoms with E-state index in [1.54, 1.807) is 18.2 Å². The Bertz CT molecular complexity index is 1650. The Hall–Kier alpha value is -4.43. The maximum Gasteiger partial charge on any atom is 0.328 e. The Kier molecular flexibility index (Phi) is 6.43. The van der Waals surface area contributed by atoms with Crippen LogP contribution in [0.25, 0.3) is 16.3 Å². The van der Waals surface area contributed by atoms with Gasteiger partial charge in [-0.25, -0.2) is 9.78 Å². The molecule has 0 radical (unpaired) electrons. The number of benzene rings is 2. The van der Waals surface area contributed by atoms with Gasteiger partial charge in [0.1, 0.15) is 5.57 Å². The van der Waals surface area contributed by atoms with E-state index in [2.05, 4.69) is 4.98 Å². The molecular weight excluding hydrogens is 558 g/mol. The van der Waals surface area contributed by atoms with Gasteiger partial charge in [0.15, 0.2) is 4.34 Å². The third-order valence-electron chi connectivity index (χ3n) is 7.08. The van der Waals surface area contributed by atoms with Crippen LogP contribution < -0.4 is 15.5 Å². The number of hydrogen-bond acceptors (Lipinski definition) is 10. The monoisotopic (exact) mass is 577 g/mol. The number of nitro groups is 1. The number of anilines is 1. The van der Waals surface area contributed by atoms with E-state index in [1.807, 2.05) is 10.6 Å². The highest BCUT2D eigenvalue weighted by molar-refractivity contribution is 8.01. The lowest BCUT2D eigenvalue weighted by molar-refractivity contribution is -0.387. The number of carbonyl (C=O) groups is 5. The van der Waals surface area contributed by atoms with Crippen LogP contribution in [-0.2, 0) is 19.2 Å². The minimum Gasteiger partial charge on any atom is -0.274 e. The second-order valence-electron chi connectivity index (χ2n) is 9.52. The molecular formula is C26H19N5O7S2. The molecule has 1 saturated carbocycles. The number of imide groups is 3. The zero-order valence-electron chi connectivity index (χ0n) is 20.5. The molecule has 12 nitrogen and oxygen atoms in total. The number of urea groups is 1. The quantitative estimate of drug-likeness (QED) is 0.151. The number of nitro benzene ring substituents is 1. The Balaban J connectivity index is 1.27. The average Bonchev–Trinajstić information content (AvgIpc) is 3.43. The number of carbonyl (C=O) groups excluding carboxylic acids is 5. The molecule has 0 unspecified atom stereocenters. The molecule has 1 aromatic heterocycles. The Morgan fingerprint density at radius 2 is 1.65 bits per heavy atom. The van der Waals surface area contributed by atoms with E-state index in [0.29, 0.717) is 15.5 Å². The molecule has 1 aliphatic carbocycles. The van der Waals surface area contributed by atoms with Gasteiger partial charge in [0.2, 0.25) is 11.8 Å². The number of nitrogens with one attached hydrogen (secondary N) is 2. The first kappa shape index (κ1) is 25.8. The molecule has 2 saturated heterocycles. The predicted molar refractivity (Wildman–Crippen MR) is 144 cm³/mol. The summed E-state index contributed by atoms with van der Waals surface area (Å²) in [6, 6.07) is 8.45. The number of rotatable bonds is 5. The lowest BCUT2D eigenvalue weighted by atomic mass is 9.81. The van der Waals surface area contributed by atoms with E-state index in [0.717, 1.165) is 48.2 Å². The van der Waals surface area contributed by atoms with Crippen LogP contribution in [0.2, 0.25) is 0 Å². The molecule has 14 heteroatoms. The second-order valence-corrected chi connectivity index (χ2v) is 11.8. The van der Waals surface area contributed by atoms with Crippen molar-refractivity contribution in [3.8, 4) is 0 Å². The van der Waals surface area contributed by atoms with Gasteiger partial charge in [-0.05, 0) is 48.7 Å². The molecule has 2 aromatic carbocycles. The summed E-state index contributed by atoms with van der Waals surface area (Å²) in [4.78, 5) is 78.6. The van der Waals surface area contributed by atoms with Gasteiger partial charge in [-0.1, -0.05) is 30.7 Å². The van der Waals surface area contributed by atoms with Crippen molar-refractivity contribution in [2.24, 2.45) is 11.8 Å². The highest BCUT2D eigenvalue weighted by atomic mass is 32.2. The van der Waals surface area contributed by atoms with Crippen molar-refractivity contribution in [1.29, 1.82) is 0 Å². The van der Waals surface area contributed by atoms with Gasteiger partial charge in [-0.3, -0.25) is 44.8 Å². The minimum absolute atomic E-state index is 0.159. The fourth-order valence-corrected chi connectivity index (χ4v) is 7.35. The normalized spacial score (nSPS) is 20.9. The summed E-state index contributed by atoms with van der Waals surface area (Å²) in [6.45, 7) is 0. The molecule has 3 heterocycles. The zero-order chi connectivity index (χ0) is 28.1. The van der Waals surface area contributed by atoms with Crippen molar-refractivity contribution >= 4 is 80.4 Å². The Labute approximate surface area is 234 Å². The molecule has 2 aliphatic heterocycles. The first-order chi connectivity index (χ1) is 19.2. The smallest absolute Gasteiger partial charge is 0.274 e. The average molecular weight is 578 g/mol. The number of aromatic nitrogens is 1. The van der Waals surface area contributed by atoms with Gasteiger partial charge in [-0.15, -0.1) is 11.3 Å². The van der Waals surface area contributed by atoms with Gasteiger partial charge >= 0.3 is 6.03 Å². The van der Waals surface area contributed by atoms with Gasteiger partial charge in [-0.2, -0.15) is 0 Å². The third kappa shape index (κ3) is 4.54. The topological polar surface area (TPSA) is 169 Å². The van der Waals surface area contributed by atoms with Crippen molar-refractivity contribution in [2.75, 3.05) is 4.90 Å². The van der Waals surface area contributed by atoms with Crippen molar-refractivity contribution < 1.29 is 28.9 Å². The predicted octanol–water partition coefficient (Wildman–Crippen LogP) is 3.78. The molecule has 3 fully saturated rings. The summed E-state index contributed by atoms with van der Waals surface area (Å²) in [6.07, 6.45) is 4.50. The van der Waals surface area contributed by atoms with Gasteiger partial charge in [0, 0.05) is 6.07 Å². The molecule has 6 rings (SSSR count). The highest BCUT2D eigenvalue weighted by Gasteiger charge is 2.48. The number of hydrogen-bond donors (Lipinski definition) is 2. The summed E-state index contributed by atoms with van der Waals surface area (Å²) in [5.41, 5.74) is 0.729. The van der Waals surface area contributed by atoms with E-state index in [1.165, 1.54) is 34.4 Å². The van der Waals surface area contributed by atoms with E-state index in [-0.39, 0.29) is 45.4 Å². The van der Waals surface area contributed by atoms with Crippen LogP contribution in [0.3, 0.4) is 0 Å².